The molecule has 12 nitrogen and oxygen atoms in total. The summed E-state index contributed by atoms with van der Waals surface area (Å²) < 4.78 is 43.8. The molecule has 2 atom stereocenters. The number of anilines is 1. The van der Waals surface area contributed by atoms with Crippen LogP contribution in [0.25, 0.3) is 0 Å². The number of nitrogens with zero attached hydrogens (tertiary/aromatic N) is 3. The summed E-state index contributed by atoms with van der Waals surface area (Å²) in [6.45, 7) is 0. The van der Waals surface area contributed by atoms with E-state index in [9.17, 15) is 27.2 Å². The number of hydrogen-bond acceptors (Lipinski definition) is 9. The summed E-state index contributed by atoms with van der Waals surface area (Å²) in [6, 6.07) is -1.85. The summed E-state index contributed by atoms with van der Waals surface area (Å²) in [4.78, 5) is 43.5. The third-order valence-electron chi connectivity index (χ3n) is 3.03. The average molecular weight is 468 g/mol. The van der Waals surface area contributed by atoms with E-state index < -0.39 is 50.4 Å². The van der Waals surface area contributed by atoms with E-state index in [4.69, 9.17) is 16.2 Å². The predicted molar refractivity (Wildman–Crippen MR) is 97.4 cm³/mol. The summed E-state index contributed by atoms with van der Waals surface area (Å²) in [6.07, 6.45) is -2.49. The van der Waals surface area contributed by atoms with Crippen molar-refractivity contribution in [2.75, 3.05) is 18.3 Å². The number of carbonyl (C=O) groups excluding carboxylic acids is 3. The van der Waals surface area contributed by atoms with Gasteiger partial charge in [0, 0.05) is 5.38 Å². The van der Waals surface area contributed by atoms with Crippen molar-refractivity contribution in [1.82, 2.24) is 14.6 Å². The fourth-order valence-corrected chi connectivity index (χ4v) is 3.39. The Balaban J connectivity index is 0.00000392. The zero-order valence-corrected chi connectivity index (χ0v) is 15.6. The molecule has 0 aromatic carbocycles. The summed E-state index contributed by atoms with van der Waals surface area (Å²) in [5, 5.41) is 9.11. The quantitative estimate of drug-likeness (QED) is 0.0823. The zero-order chi connectivity index (χ0) is 20.4. The predicted octanol–water partition coefficient (Wildman–Crippen LogP) is -1.55. The number of rotatable bonds is 7. The molecule has 0 aliphatic carbocycles. The van der Waals surface area contributed by atoms with E-state index in [2.05, 4.69) is 20.3 Å². The first-order valence-corrected chi connectivity index (χ1v) is 9.59. The van der Waals surface area contributed by atoms with Crippen LogP contribution < -0.4 is 10.6 Å². The Bertz CT molecular complexity index is 911. The summed E-state index contributed by atoms with van der Waals surface area (Å²) in [5.74, 6) is -3.34. The zero-order valence-electron chi connectivity index (χ0n) is 13.2. The van der Waals surface area contributed by atoms with Crippen LogP contribution in [-0.2, 0) is 29.5 Å². The van der Waals surface area contributed by atoms with Crippen LogP contribution in [0.5, 0.6) is 0 Å². The molecule has 150 valence electrons. The van der Waals surface area contributed by atoms with Crippen LogP contribution in [0.15, 0.2) is 10.5 Å². The van der Waals surface area contributed by atoms with E-state index in [1.54, 1.807) is 0 Å². The normalized spacial score (nSPS) is 19.4. The number of oxime groups is 1. The van der Waals surface area contributed by atoms with Gasteiger partial charge in [-0.2, -0.15) is 12.7 Å². The van der Waals surface area contributed by atoms with Crippen molar-refractivity contribution >= 4 is 91.4 Å². The SMILES string of the molecule is CON=C(C(=O)NC1C(=O)N(S(=O)(=O)O)C1F)c1csc(NC(=O)CCl)n1.[NaH]. The number of β-lactam (4-membered cyclic amide) rings is 1. The summed E-state index contributed by atoms with van der Waals surface area (Å²) in [7, 11) is -3.97. The number of amides is 3. The van der Waals surface area contributed by atoms with Gasteiger partial charge < -0.3 is 15.5 Å². The van der Waals surface area contributed by atoms with Crippen LogP contribution in [0.4, 0.5) is 9.52 Å². The van der Waals surface area contributed by atoms with E-state index in [-0.39, 0.29) is 46.3 Å². The molecule has 0 radical (unpaired) electrons. The molecule has 3 N–H and O–H groups in total. The minimum absolute atomic E-state index is 0. The molecular weight excluding hydrogens is 456 g/mol. The molecule has 0 saturated carbocycles. The Labute approximate surface area is 188 Å². The molecule has 1 fully saturated rings. The Morgan fingerprint density at radius 1 is 1.54 bits per heavy atom. The topological polar surface area (TPSA) is 167 Å². The summed E-state index contributed by atoms with van der Waals surface area (Å²) in [5.41, 5.74) is -0.538. The minimum atomic E-state index is -5.09. The van der Waals surface area contributed by atoms with E-state index in [0.717, 1.165) is 18.4 Å². The number of aromatic nitrogens is 1. The first-order chi connectivity index (χ1) is 12.6. The maximum atomic E-state index is 13.8. The van der Waals surface area contributed by atoms with Gasteiger partial charge in [0.05, 0.1) is 0 Å². The molecule has 1 aliphatic heterocycles. The van der Waals surface area contributed by atoms with Crippen molar-refractivity contribution in [2.24, 2.45) is 5.16 Å². The molecule has 1 saturated heterocycles. The van der Waals surface area contributed by atoms with Gasteiger partial charge in [0.2, 0.25) is 12.2 Å². The number of thiazole rings is 1. The van der Waals surface area contributed by atoms with Crippen molar-refractivity contribution in [3.05, 3.63) is 11.1 Å². The first kappa shape index (κ1) is 24.7. The Morgan fingerprint density at radius 2 is 2.18 bits per heavy atom. The second-order valence-electron chi connectivity index (χ2n) is 4.78. The molecule has 0 bridgehead atoms. The number of alkyl halides is 2. The molecule has 2 unspecified atom stereocenters. The van der Waals surface area contributed by atoms with Crippen LogP contribution in [0.3, 0.4) is 0 Å². The Kier molecular flexibility index (Phi) is 8.73. The monoisotopic (exact) mass is 467 g/mol. The second-order valence-corrected chi connectivity index (χ2v) is 7.19. The van der Waals surface area contributed by atoms with Crippen molar-refractivity contribution in [3.63, 3.8) is 0 Å². The second kappa shape index (κ2) is 9.91. The average Bonchev–Trinajstić information content (AvgIpc) is 3.04. The molecule has 28 heavy (non-hydrogen) atoms. The van der Waals surface area contributed by atoms with Crippen LogP contribution in [0.1, 0.15) is 5.69 Å². The van der Waals surface area contributed by atoms with Gasteiger partial charge in [-0.1, -0.05) is 5.16 Å². The van der Waals surface area contributed by atoms with Gasteiger partial charge in [-0.3, -0.25) is 18.9 Å². The van der Waals surface area contributed by atoms with Gasteiger partial charge >= 0.3 is 39.9 Å². The van der Waals surface area contributed by atoms with Gasteiger partial charge in [0.1, 0.15) is 18.7 Å². The van der Waals surface area contributed by atoms with E-state index in [1.807, 2.05) is 5.32 Å². The number of halogens is 2. The van der Waals surface area contributed by atoms with Crippen LogP contribution >= 0.6 is 22.9 Å². The molecule has 1 aromatic heterocycles. The van der Waals surface area contributed by atoms with Crippen molar-refractivity contribution in [2.45, 2.75) is 12.3 Å². The Hall–Kier alpha value is -1.36. The van der Waals surface area contributed by atoms with E-state index in [0.29, 0.717) is 0 Å². The van der Waals surface area contributed by atoms with Crippen LogP contribution in [0.2, 0.25) is 0 Å². The third-order valence-corrected chi connectivity index (χ3v) is 4.91. The number of hydrogen-bond donors (Lipinski definition) is 3. The summed E-state index contributed by atoms with van der Waals surface area (Å²) >= 11 is 6.28. The fraction of sp³-hybridized carbons (Fsp3) is 0.364. The third kappa shape index (κ3) is 5.37. The number of carbonyl (C=O) groups is 3. The van der Waals surface area contributed by atoms with Gasteiger partial charge in [0.15, 0.2) is 16.9 Å². The molecule has 17 heteroatoms. The molecule has 2 rings (SSSR count). The fourth-order valence-electron chi connectivity index (χ4n) is 1.90. The first-order valence-electron chi connectivity index (χ1n) is 6.78. The molecule has 1 aliphatic rings. The van der Waals surface area contributed by atoms with E-state index >= 15 is 0 Å². The van der Waals surface area contributed by atoms with Crippen LogP contribution in [0, 0.1) is 0 Å². The van der Waals surface area contributed by atoms with Crippen molar-refractivity contribution < 1.29 is 36.6 Å². The standard InChI is InChI=1S/C11H11ClFN5O7S2.Na.H/c1-25-17-6(4-3-26-11(14-4)15-5(19)2-12)9(20)16-7-8(13)18(10(7)21)27(22,23)24;;/h3,7-8H,2H2,1H3,(H,16,20)(H,14,15,19)(H,22,23,24);;. The molecule has 0 spiro atoms. The van der Waals surface area contributed by atoms with Crippen LogP contribution in [-0.4, -0.2) is 101 Å². The van der Waals surface area contributed by atoms with Gasteiger partial charge in [-0.15, -0.1) is 22.9 Å². The van der Waals surface area contributed by atoms with Crippen molar-refractivity contribution in [1.29, 1.82) is 0 Å². The van der Waals surface area contributed by atoms with Gasteiger partial charge in [0.25, 0.3) is 11.8 Å². The maximum absolute atomic E-state index is 13.8. The van der Waals surface area contributed by atoms with Gasteiger partial charge in [-0.05, 0) is 0 Å². The molecule has 1 aromatic rings. The molecule has 2 heterocycles. The molecular formula is C11H12ClFN5NaO7S2. The molecule has 3 amide bonds. The van der Waals surface area contributed by atoms with E-state index in [1.165, 1.54) is 5.38 Å². The Morgan fingerprint density at radius 3 is 2.68 bits per heavy atom. The van der Waals surface area contributed by atoms with Gasteiger partial charge in [-0.25, -0.2) is 9.37 Å². The van der Waals surface area contributed by atoms with Crippen molar-refractivity contribution in [3.8, 4) is 0 Å². The number of nitrogens with one attached hydrogen (secondary N) is 2.